The van der Waals surface area contributed by atoms with E-state index in [9.17, 15) is 28.0 Å². The van der Waals surface area contributed by atoms with E-state index < -0.39 is 60.3 Å². The van der Waals surface area contributed by atoms with Crippen LogP contribution in [-0.2, 0) is 31.9 Å². The van der Waals surface area contributed by atoms with E-state index in [4.69, 9.17) is 9.47 Å². The number of carbonyl (C=O) groups excluding carboxylic acids is 4. The third kappa shape index (κ3) is 7.90. The molecule has 224 valence electrons. The maximum atomic E-state index is 13.6. The maximum absolute atomic E-state index is 13.6. The summed E-state index contributed by atoms with van der Waals surface area (Å²) in [6, 6.07) is 18.2. The predicted octanol–water partition coefficient (Wildman–Crippen LogP) is 5.47. The molecule has 2 aliphatic rings. The number of imide groups is 2. The number of amides is 4. The number of hydrogen-bond donors (Lipinski definition) is 0. The normalized spacial score (nSPS) is 20.8. The lowest BCUT2D eigenvalue weighted by atomic mass is 10.0. The molecule has 0 bridgehead atoms. The van der Waals surface area contributed by atoms with Gasteiger partial charge in [-0.2, -0.15) is 0 Å². The van der Waals surface area contributed by atoms with Crippen LogP contribution in [0.5, 0.6) is 0 Å². The van der Waals surface area contributed by atoms with E-state index in [-0.39, 0.29) is 13.2 Å². The van der Waals surface area contributed by atoms with Gasteiger partial charge in [-0.15, -0.1) is 13.2 Å². The second kappa shape index (κ2) is 15.0. The Balaban J connectivity index is 0.000000230. The summed E-state index contributed by atoms with van der Waals surface area (Å²) in [7, 11) is 0. The smallest absolute Gasteiger partial charge is 0.416 e. The summed E-state index contributed by atoms with van der Waals surface area (Å²) in [5.41, 5.74) is 1.98. The van der Waals surface area contributed by atoms with Crippen molar-refractivity contribution in [1.82, 2.24) is 9.80 Å². The van der Waals surface area contributed by atoms with Crippen LogP contribution in [0, 0.1) is 11.8 Å². The highest BCUT2D eigenvalue weighted by Crippen LogP contribution is 2.23. The first-order chi connectivity index (χ1) is 20.1. The Morgan fingerprint density at radius 3 is 1.40 bits per heavy atom. The van der Waals surface area contributed by atoms with Crippen LogP contribution in [0.15, 0.2) is 86.0 Å². The van der Waals surface area contributed by atoms with Crippen molar-refractivity contribution in [2.75, 3.05) is 13.2 Å². The number of alkyl halides is 2. The van der Waals surface area contributed by atoms with E-state index in [1.807, 2.05) is 60.7 Å². The minimum absolute atomic E-state index is 0.136. The molecule has 6 atom stereocenters. The zero-order valence-corrected chi connectivity index (χ0v) is 23.7. The third-order valence-electron chi connectivity index (χ3n) is 7.21. The highest BCUT2D eigenvalue weighted by molar-refractivity contribution is 5.95. The topological polar surface area (TPSA) is 93.2 Å². The molecule has 2 fully saturated rings. The van der Waals surface area contributed by atoms with E-state index in [0.717, 1.165) is 33.1 Å². The summed E-state index contributed by atoms with van der Waals surface area (Å²) in [5, 5.41) is 0. The van der Waals surface area contributed by atoms with Crippen LogP contribution in [0.4, 0.5) is 18.4 Å². The van der Waals surface area contributed by atoms with Crippen molar-refractivity contribution in [3.05, 3.63) is 97.1 Å². The zero-order valence-electron chi connectivity index (χ0n) is 23.7. The number of halogens is 2. The van der Waals surface area contributed by atoms with Gasteiger partial charge in [0.25, 0.3) is 0 Å². The SMILES string of the molecule is C=C[C@@H](F)[C@@H](C)C(=O)N1C(=O)OC[C@H]1Cc1ccccc1.C=C[C@H](F)[C@@H](C)C(=O)N1C(=O)OC[C@H]1Cc1ccccc1. The van der Waals surface area contributed by atoms with Crippen LogP contribution in [0.25, 0.3) is 0 Å². The minimum Gasteiger partial charge on any atom is -0.447 e. The van der Waals surface area contributed by atoms with Crippen LogP contribution < -0.4 is 0 Å². The quantitative estimate of drug-likeness (QED) is 0.345. The lowest BCUT2D eigenvalue weighted by molar-refractivity contribution is -0.135. The molecule has 2 aromatic carbocycles. The Hall–Kier alpha value is -4.34. The van der Waals surface area contributed by atoms with Gasteiger partial charge in [0, 0.05) is 0 Å². The Kier molecular flexibility index (Phi) is 11.5. The lowest BCUT2D eigenvalue weighted by Crippen LogP contribution is -2.44. The van der Waals surface area contributed by atoms with Gasteiger partial charge in [0.2, 0.25) is 11.8 Å². The molecular weight excluding hydrogens is 546 g/mol. The molecule has 0 spiro atoms. The van der Waals surface area contributed by atoms with Crippen LogP contribution >= 0.6 is 0 Å². The standard InChI is InChI=1S/2C16H18FNO3/c2*1-3-14(17)11(2)15(19)18-13(10-21-16(18)20)9-12-7-5-4-6-8-12/h2*3-8,11,13-14H,1,9-10H2,2H3/t11-,13-,14+;11-,13-,14-/m11/s1. The second-order valence-electron chi connectivity index (χ2n) is 10.2. The zero-order chi connectivity index (χ0) is 30.8. The second-order valence-corrected chi connectivity index (χ2v) is 10.2. The number of rotatable bonds is 10. The number of allylic oxidation sites excluding steroid dienone is 2. The number of cyclic esters (lactones) is 2. The van der Waals surface area contributed by atoms with Crippen LogP contribution in [0.3, 0.4) is 0 Å². The van der Waals surface area contributed by atoms with Crippen molar-refractivity contribution in [2.45, 2.75) is 51.1 Å². The highest BCUT2D eigenvalue weighted by atomic mass is 19.1. The molecule has 4 amide bonds. The maximum Gasteiger partial charge on any atom is 0.416 e. The van der Waals surface area contributed by atoms with E-state index in [1.165, 1.54) is 13.8 Å². The van der Waals surface area contributed by atoms with Gasteiger partial charge in [-0.25, -0.2) is 28.2 Å². The summed E-state index contributed by atoms with van der Waals surface area (Å²) in [6.07, 6.45) is -1.25. The first-order valence-electron chi connectivity index (χ1n) is 13.7. The first kappa shape index (κ1) is 32.2. The minimum atomic E-state index is -1.48. The largest absolute Gasteiger partial charge is 0.447 e. The van der Waals surface area contributed by atoms with Crippen molar-refractivity contribution in [3.8, 4) is 0 Å². The Bertz CT molecular complexity index is 1160. The molecule has 0 saturated carbocycles. The summed E-state index contributed by atoms with van der Waals surface area (Å²) in [6.45, 7) is 9.83. The molecule has 0 unspecified atom stereocenters. The van der Waals surface area contributed by atoms with Gasteiger partial charge in [0.15, 0.2) is 0 Å². The average molecular weight is 583 g/mol. The van der Waals surface area contributed by atoms with Crippen LogP contribution in [0.1, 0.15) is 25.0 Å². The summed E-state index contributed by atoms with van der Waals surface area (Å²) in [5.74, 6) is -3.03. The highest BCUT2D eigenvalue weighted by Gasteiger charge is 2.42. The molecule has 2 aromatic rings. The molecule has 0 aromatic heterocycles. The predicted molar refractivity (Wildman–Crippen MR) is 153 cm³/mol. The van der Waals surface area contributed by atoms with E-state index in [0.29, 0.717) is 12.8 Å². The first-order valence-corrected chi connectivity index (χ1v) is 13.7. The molecule has 0 N–H and O–H groups in total. The van der Waals surface area contributed by atoms with Crippen molar-refractivity contribution < 1.29 is 37.4 Å². The Morgan fingerprint density at radius 1 is 0.762 bits per heavy atom. The average Bonchev–Trinajstić information content (AvgIpc) is 3.56. The number of ether oxygens (including phenoxy) is 2. The van der Waals surface area contributed by atoms with Crippen LogP contribution in [-0.4, -0.2) is 71.4 Å². The van der Waals surface area contributed by atoms with Crippen LogP contribution in [0.2, 0.25) is 0 Å². The molecule has 2 saturated heterocycles. The number of carbonyl (C=O) groups is 4. The van der Waals surface area contributed by atoms with Crippen molar-refractivity contribution >= 4 is 24.0 Å². The third-order valence-corrected chi connectivity index (χ3v) is 7.21. The molecule has 4 rings (SSSR count). The molecule has 2 aliphatic heterocycles. The lowest BCUT2D eigenvalue weighted by Gasteiger charge is -2.23. The summed E-state index contributed by atoms with van der Waals surface area (Å²) >= 11 is 0. The molecule has 0 aliphatic carbocycles. The summed E-state index contributed by atoms with van der Waals surface area (Å²) < 4.78 is 37.1. The fourth-order valence-corrected chi connectivity index (χ4v) is 4.65. The van der Waals surface area contributed by atoms with Gasteiger partial charge in [-0.3, -0.25) is 9.59 Å². The molecular formula is C32H36F2N2O6. The molecule has 42 heavy (non-hydrogen) atoms. The molecule has 0 radical (unpaired) electrons. The fourth-order valence-electron chi connectivity index (χ4n) is 4.65. The van der Waals surface area contributed by atoms with Crippen molar-refractivity contribution in [1.29, 1.82) is 0 Å². The van der Waals surface area contributed by atoms with Gasteiger partial charge in [-0.05, 0) is 24.0 Å². The summed E-state index contributed by atoms with van der Waals surface area (Å²) in [4.78, 5) is 50.2. The van der Waals surface area contributed by atoms with Crippen molar-refractivity contribution in [2.24, 2.45) is 11.8 Å². The van der Waals surface area contributed by atoms with Gasteiger partial charge in [-0.1, -0.05) is 86.7 Å². The molecule has 10 heteroatoms. The Morgan fingerprint density at radius 2 is 1.10 bits per heavy atom. The van der Waals surface area contributed by atoms with E-state index in [2.05, 4.69) is 13.2 Å². The monoisotopic (exact) mass is 582 g/mol. The molecule has 8 nitrogen and oxygen atoms in total. The number of benzene rings is 2. The fraction of sp³-hybridized carbons (Fsp3) is 0.375. The molecule has 2 heterocycles. The van der Waals surface area contributed by atoms with Crippen molar-refractivity contribution in [3.63, 3.8) is 0 Å². The van der Waals surface area contributed by atoms with E-state index in [1.54, 1.807) is 0 Å². The van der Waals surface area contributed by atoms with E-state index >= 15 is 0 Å². The number of nitrogens with zero attached hydrogens (tertiary/aromatic N) is 2. The van der Waals surface area contributed by atoms with Gasteiger partial charge >= 0.3 is 12.2 Å². The van der Waals surface area contributed by atoms with Gasteiger partial charge < -0.3 is 9.47 Å². The van der Waals surface area contributed by atoms with Gasteiger partial charge in [0.1, 0.15) is 25.6 Å². The van der Waals surface area contributed by atoms with Gasteiger partial charge in [0.05, 0.1) is 23.9 Å². The number of hydrogen-bond acceptors (Lipinski definition) is 6. The Labute approximate surface area is 244 Å².